The molecule has 0 aliphatic carbocycles. The topological polar surface area (TPSA) is 71.3 Å². The molecular weight excluding hydrogens is 276 g/mol. The molecular formula is C14H26N2O3S. The zero-order valence-corrected chi connectivity index (χ0v) is 13.8. The molecule has 0 spiro atoms. The third-order valence-corrected chi connectivity index (χ3v) is 4.04. The van der Waals surface area contributed by atoms with Crippen molar-refractivity contribution in [1.29, 1.82) is 0 Å². The third-order valence-electron chi connectivity index (χ3n) is 2.71. The van der Waals surface area contributed by atoms with Crippen molar-refractivity contribution in [3.63, 3.8) is 0 Å². The predicted octanol–water partition coefficient (Wildman–Crippen LogP) is 2.49. The van der Waals surface area contributed by atoms with Gasteiger partial charge < -0.3 is 9.73 Å². The summed E-state index contributed by atoms with van der Waals surface area (Å²) < 4.78 is 31.9. The standard InChI is InChI=1S/C14H26N2O3S/c1-11(2)8-9-16-20(17,18)13-7-6-12(19-13)10-15-14(3,4)5/h6-7,11,15-16H,8-10H2,1-5H3. The van der Waals surface area contributed by atoms with Crippen LogP contribution in [0.2, 0.25) is 0 Å². The summed E-state index contributed by atoms with van der Waals surface area (Å²) in [4.78, 5) is 0. The van der Waals surface area contributed by atoms with E-state index in [0.717, 1.165) is 6.42 Å². The summed E-state index contributed by atoms with van der Waals surface area (Å²) in [6.45, 7) is 11.2. The Morgan fingerprint density at radius 2 is 1.90 bits per heavy atom. The summed E-state index contributed by atoms with van der Waals surface area (Å²) >= 11 is 0. The Morgan fingerprint density at radius 3 is 2.45 bits per heavy atom. The molecule has 6 heteroatoms. The highest BCUT2D eigenvalue weighted by atomic mass is 32.2. The lowest BCUT2D eigenvalue weighted by Crippen LogP contribution is -2.34. The van der Waals surface area contributed by atoms with Crippen molar-refractivity contribution >= 4 is 10.0 Å². The molecule has 0 unspecified atom stereocenters. The molecule has 5 nitrogen and oxygen atoms in total. The average Bonchev–Trinajstić information content (AvgIpc) is 2.73. The lowest BCUT2D eigenvalue weighted by molar-refractivity contribution is 0.359. The van der Waals surface area contributed by atoms with Gasteiger partial charge in [0.25, 0.3) is 10.0 Å². The molecule has 1 aromatic rings. The van der Waals surface area contributed by atoms with Crippen molar-refractivity contribution in [2.24, 2.45) is 5.92 Å². The fourth-order valence-electron chi connectivity index (χ4n) is 1.50. The first-order valence-corrected chi connectivity index (χ1v) is 8.42. The highest BCUT2D eigenvalue weighted by Gasteiger charge is 2.19. The minimum Gasteiger partial charge on any atom is -0.447 e. The average molecular weight is 302 g/mol. The zero-order valence-electron chi connectivity index (χ0n) is 13.0. The van der Waals surface area contributed by atoms with E-state index >= 15 is 0 Å². The summed E-state index contributed by atoms with van der Waals surface area (Å²) in [5.41, 5.74) is -0.0403. The molecule has 1 aromatic heterocycles. The number of nitrogens with one attached hydrogen (secondary N) is 2. The number of rotatable bonds is 7. The smallest absolute Gasteiger partial charge is 0.273 e. The fourth-order valence-corrected chi connectivity index (χ4v) is 2.50. The quantitative estimate of drug-likeness (QED) is 0.812. The van der Waals surface area contributed by atoms with Gasteiger partial charge >= 0.3 is 0 Å². The number of furan rings is 1. The Bertz CT molecular complexity index is 513. The summed E-state index contributed by atoms with van der Waals surface area (Å²) in [6.07, 6.45) is 0.804. The number of sulfonamides is 1. The predicted molar refractivity (Wildman–Crippen MR) is 79.9 cm³/mol. The van der Waals surface area contributed by atoms with Crippen LogP contribution in [0.4, 0.5) is 0 Å². The van der Waals surface area contributed by atoms with Gasteiger partial charge in [0.2, 0.25) is 5.09 Å². The summed E-state index contributed by atoms with van der Waals surface area (Å²) in [6, 6.07) is 3.19. The SMILES string of the molecule is CC(C)CCNS(=O)(=O)c1ccc(CNC(C)(C)C)o1. The van der Waals surface area contributed by atoms with Crippen LogP contribution in [-0.2, 0) is 16.6 Å². The van der Waals surface area contributed by atoms with E-state index in [4.69, 9.17) is 4.42 Å². The Labute approximate surface area is 122 Å². The van der Waals surface area contributed by atoms with Crippen molar-refractivity contribution in [3.8, 4) is 0 Å². The van der Waals surface area contributed by atoms with Crippen molar-refractivity contribution in [2.75, 3.05) is 6.54 Å². The number of hydrogen-bond donors (Lipinski definition) is 2. The molecule has 20 heavy (non-hydrogen) atoms. The van der Waals surface area contributed by atoms with Crippen LogP contribution in [0.1, 0.15) is 46.8 Å². The molecule has 1 heterocycles. The fraction of sp³-hybridized carbons (Fsp3) is 0.714. The first-order chi connectivity index (χ1) is 9.10. The Balaban J connectivity index is 2.61. The molecule has 0 aromatic carbocycles. The molecule has 1 rings (SSSR count). The molecule has 116 valence electrons. The molecule has 0 fully saturated rings. The minimum absolute atomic E-state index is 0.0213. The maximum atomic E-state index is 12.0. The molecule has 0 saturated carbocycles. The van der Waals surface area contributed by atoms with E-state index in [1.165, 1.54) is 6.07 Å². The molecule has 0 bridgehead atoms. The van der Waals surface area contributed by atoms with E-state index in [-0.39, 0.29) is 10.6 Å². The normalized spacial score (nSPS) is 13.1. The van der Waals surface area contributed by atoms with Crippen LogP contribution in [-0.4, -0.2) is 20.5 Å². The lowest BCUT2D eigenvalue weighted by Gasteiger charge is -2.19. The monoisotopic (exact) mass is 302 g/mol. The van der Waals surface area contributed by atoms with Gasteiger partial charge in [0, 0.05) is 12.1 Å². The molecule has 0 radical (unpaired) electrons. The molecule has 0 atom stereocenters. The van der Waals surface area contributed by atoms with Gasteiger partial charge in [0.1, 0.15) is 5.76 Å². The maximum absolute atomic E-state index is 12.0. The van der Waals surface area contributed by atoms with Crippen LogP contribution in [0.5, 0.6) is 0 Å². The van der Waals surface area contributed by atoms with Crippen molar-refractivity contribution in [2.45, 2.75) is 58.2 Å². The van der Waals surface area contributed by atoms with Gasteiger partial charge in [-0.05, 0) is 45.2 Å². The largest absolute Gasteiger partial charge is 0.447 e. The maximum Gasteiger partial charge on any atom is 0.273 e. The molecule has 2 N–H and O–H groups in total. The second-order valence-corrected chi connectivity index (χ2v) is 8.10. The van der Waals surface area contributed by atoms with Crippen molar-refractivity contribution in [3.05, 3.63) is 17.9 Å². The van der Waals surface area contributed by atoms with Crippen LogP contribution < -0.4 is 10.0 Å². The van der Waals surface area contributed by atoms with Crippen LogP contribution >= 0.6 is 0 Å². The van der Waals surface area contributed by atoms with E-state index in [0.29, 0.717) is 24.8 Å². The molecule has 0 aliphatic heterocycles. The molecule has 0 saturated heterocycles. The minimum atomic E-state index is -3.53. The summed E-state index contributed by atoms with van der Waals surface area (Å²) in [5, 5.41) is 3.23. The van der Waals surface area contributed by atoms with Gasteiger partial charge in [0.05, 0.1) is 6.54 Å². The summed E-state index contributed by atoms with van der Waals surface area (Å²) in [5.74, 6) is 1.07. The van der Waals surface area contributed by atoms with E-state index < -0.39 is 10.0 Å². The Kier molecular flexibility index (Phi) is 5.79. The third kappa shape index (κ3) is 6.07. The van der Waals surface area contributed by atoms with Gasteiger partial charge in [-0.3, -0.25) is 0 Å². The highest BCUT2D eigenvalue weighted by Crippen LogP contribution is 2.15. The number of hydrogen-bond acceptors (Lipinski definition) is 4. The van der Waals surface area contributed by atoms with Gasteiger partial charge in [-0.2, -0.15) is 0 Å². The second kappa shape index (κ2) is 6.74. The van der Waals surface area contributed by atoms with Crippen LogP contribution in [0, 0.1) is 5.92 Å². The Morgan fingerprint density at radius 1 is 1.25 bits per heavy atom. The van der Waals surface area contributed by atoms with Gasteiger partial charge in [-0.15, -0.1) is 0 Å². The Hall–Kier alpha value is -0.850. The van der Waals surface area contributed by atoms with Gasteiger partial charge in [-0.25, -0.2) is 13.1 Å². The van der Waals surface area contributed by atoms with Crippen LogP contribution in [0.25, 0.3) is 0 Å². The van der Waals surface area contributed by atoms with Crippen molar-refractivity contribution < 1.29 is 12.8 Å². The zero-order chi connectivity index (χ0) is 15.4. The first-order valence-electron chi connectivity index (χ1n) is 6.93. The van der Waals surface area contributed by atoms with Gasteiger partial charge in [-0.1, -0.05) is 13.8 Å². The van der Waals surface area contributed by atoms with Crippen LogP contribution in [0.3, 0.4) is 0 Å². The molecule has 0 amide bonds. The van der Waals surface area contributed by atoms with E-state index in [1.807, 2.05) is 20.8 Å². The van der Waals surface area contributed by atoms with E-state index in [9.17, 15) is 8.42 Å². The summed E-state index contributed by atoms with van der Waals surface area (Å²) in [7, 11) is -3.53. The first kappa shape index (κ1) is 17.2. The molecule has 0 aliphatic rings. The lowest BCUT2D eigenvalue weighted by atomic mass is 10.1. The van der Waals surface area contributed by atoms with Crippen LogP contribution in [0.15, 0.2) is 21.6 Å². The van der Waals surface area contributed by atoms with E-state index in [2.05, 4.69) is 23.9 Å². The van der Waals surface area contributed by atoms with Crippen molar-refractivity contribution in [1.82, 2.24) is 10.0 Å². The van der Waals surface area contributed by atoms with E-state index in [1.54, 1.807) is 6.07 Å². The van der Waals surface area contributed by atoms with Gasteiger partial charge in [0.15, 0.2) is 0 Å². The highest BCUT2D eigenvalue weighted by molar-refractivity contribution is 7.89. The second-order valence-electron chi connectivity index (χ2n) is 6.40.